The number of fused-ring (bicyclic) bond motifs is 5. The Hall–Kier alpha value is -0.340. The lowest BCUT2D eigenvalue weighted by atomic mass is 9.90. The van der Waals surface area contributed by atoms with Crippen LogP contribution in [-0.4, -0.2) is 16.0 Å². The summed E-state index contributed by atoms with van der Waals surface area (Å²) < 4.78 is 0. The fraction of sp³-hybridized carbons (Fsp3) is 0.455. The molecule has 1 nitrogen and oxygen atoms in total. The molecule has 2 bridgehead atoms. The maximum Gasteiger partial charge on any atom is 0.0626 e. The predicted molar refractivity (Wildman–Crippen MR) is 55.3 cm³/mol. The monoisotopic (exact) mass is 238 g/mol. The molecule has 0 aromatic heterocycles. The molecular formula is C11H11BrO. The maximum atomic E-state index is 9.81. The quantitative estimate of drug-likeness (QED) is 0.689. The van der Waals surface area contributed by atoms with E-state index in [1.54, 1.807) is 0 Å². The number of hydrogen-bond donors (Lipinski definition) is 1. The minimum atomic E-state index is -0.135. The first kappa shape index (κ1) is 8.01. The summed E-state index contributed by atoms with van der Waals surface area (Å²) in [5.41, 5.74) is 2.80. The Morgan fingerprint density at radius 1 is 1.23 bits per heavy atom. The molecule has 68 valence electrons. The topological polar surface area (TPSA) is 20.2 Å². The first-order valence-electron chi connectivity index (χ1n) is 4.70. The molecule has 2 heteroatoms. The molecule has 3 rings (SSSR count). The molecule has 1 aromatic rings. The van der Waals surface area contributed by atoms with E-state index in [1.165, 1.54) is 11.1 Å². The lowest BCUT2D eigenvalue weighted by Gasteiger charge is -2.19. The normalized spacial score (nSPS) is 40.8. The van der Waals surface area contributed by atoms with Crippen LogP contribution in [0.2, 0.25) is 0 Å². The third-order valence-electron chi connectivity index (χ3n) is 3.39. The summed E-state index contributed by atoms with van der Waals surface area (Å²) in [5.74, 6) is 0.873. The fourth-order valence-electron chi connectivity index (χ4n) is 2.83. The van der Waals surface area contributed by atoms with Crippen LogP contribution in [0.4, 0.5) is 0 Å². The molecule has 2 aliphatic rings. The minimum Gasteiger partial charge on any atom is -0.392 e. The smallest absolute Gasteiger partial charge is 0.0626 e. The number of benzene rings is 1. The number of halogens is 1. The molecule has 1 fully saturated rings. The summed E-state index contributed by atoms with van der Waals surface area (Å²) in [6, 6.07) is 8.49. The summed E-state index contributed by atoms with van der Waals surface area (Å²) >= 11 is 3.69. The molecule has 1 aromatic carbocycles. The van der Waals surface area contributed by atoms with Crippen molar-refractivity contribution in [1.29, 1.82) is 0 Å². The Morgan fingerprint density at radius 2 is 1.92 bits per heavy atom. The SMILES string of the molecule is O[C@@H]1C[C@H]2c3ccccc3[C@@H]1[C@@H]2Br. The lowest BCUT2D eigenvalue weighted by Crippen LogP contribution is -2.16. The van der Waals surface area contributed by atoms with Crippen molar-refractivity contribution in [2.75, 3.05) is 0 Å². The average molecular weight is 239 g/mol. The first-order valence-corrected chi connectivity index (χ1v) is 5.61. The third kappa shape index (κ3) is 0.906. The summed E-state index contributed by atoms with van der Waals surface area (Å²) in [5, 5.41) is 9.81. The Balaban J connectivity index is 2.18. The molecule has 0 aliphatic heterocycles. The van der Waals surface area contributed by atoms with Crippen molar-refractivity contribution >= 4 is 15.9 Å². The minimum absolute atomic E-state index is 0.135. The van der Waals surface area contributed by atoms with Crippen molar-refractivity contribution in [1.82, 2.24) is 0 Å². The maximum absolute atomic E-state index is 9.81. The molecule has 4 atom stereocenters. The van der Waals surface area contributed by atoms with Gasteiger partial charge in [-0.15, -0.1) is 0 Å². The average Bonchev–Trinajstić information content (AvgIpc) is 2.56. The largest absolute Gasteiger partial charge is 0.392 e. The van der Waals surface area contributed by atoms with Crippen molar-refractivity contribution in [2.24, 2.45) is 0 Å². The fourth-order valence-corrected chi connectivity index (χ4v) is 3.97. The van der Waals surface area contributed by atoms with Crippen LogP contribution in [0, 0.1) is 0 Å². The van der Waals surface area contributed by atoms with E-state index in [1.807, 2.05) is 0 Å². The van der Waals surface area contributed by atoms with Crippen LogP contribution < -0.4 is 0 Å². The van der Waals surface area contributed by atoms with E-state index in [4.69, 9.17) is 0 Å². The van der Waals surface area contributed by atoms with Gasteiger partial charge in [0.25, 0.3) is 0 Å². The molecule has 1 saturated carbocycles. The van der Waals surface area contributed by atoms with Crippen molar-refractivity contribution in [3.63, 3.8) is 0 Å². The molecule has 0 radical (unpaired) electrons. The van der Waals surface area contributed by atoms with Crippen LogP contribution in [0.1, 0.15) is 29.4 Å². The molecule has 0 amide bonds. The van der Waals surface area contributed by atoms with Gasteiger partial charge in [-0.2, -0.15) is 0 Å². The number of rotatable bonds is 0. The number of hydrogen-bond acceptors (Lipinski definition) is 1. The highest BCUT2D eigenvalue weighted by Crippen LogP contribution is 2.56. The van der Waals surface area contributed by atoms with Crippen LogP contribution in [0.3, 0.4) is 0 Å². The molecule has 2 aliphatic carbocycles. The second-order valence-corrected chi connectivity index (χ2v) is 5.07. The number of aliphatic hydroxyl groups excluding tert-OH is 1. The zero-order valence-corrected chi connectivity index (χ0v) is 8.74. The summed E-state index contributed by atoms with van der Waals surface area (Å²) in [7, 11) is 0. The van der Waals surface area contributed by atoms with Gasteiger partial charge >= 0.3 is 0 Å². The van der Waals surface area contributed by atoms with Gasteiger partial charge in [0, 0.05) is 10.7 Å². The third-order valence-corrected chi connectivity index (χ3v) is 4.60. The summed E-state index contributed by atoms with van der Waals surface area (Å²) in [4.78, 5) is 0.458. The molecule has 13 heavy (non-hydrogen) atoms. The zero-order chi connectivity index (χ0) is 9.00. The van der Waals surface area contributed by atoms with E-state index in [-0.39, 0.29) is 6.10 Å². The molecule has 0 heterocycles. The van der Waals surface area contributed by atoms with Crippen molar-refractivity contribution in [2.45, 2.75) is 29.2 Å². The summed E-state index contributed by atoms with van der Waals surface area (Å²) in [6.07, 6.45) is 0.793. The Morgan fingerprint density at radius 3 is 2.69 bits per heavy atom. The zero-order valence-electron chi connectivity index (χ0n) is 7.15. The van der Waals surface area contributed by atoms with E-state index in [0.717, 1.165) is 6.42 Å². The van der Waals surface area contributed by atoms with E-state index >= 15 is 0 Å². The van der Waals surface area contributed by atoms with Crippen molar-refractivity contribution in [3.8, 4) is 0 Å². The highest BCUT2D eigenvalue weighted by molar-refractivity contribution is 9.09. The Kier molecular flexibility index (Phi) is 1.59. The molecule has 0 unspecified atom stereocenters. The van der Waals surface area contributed by atoms with Crippen LogP contribution in [0.15, 0.2) is 24.3 Å². The second-order valence-electron chi connectivity index (χ2n) is 4.01. The highest BCUT2D eigenvalue weighted by Gasteiger charge is 2.49. The first-order chi connectivity index (χ1) is 6.29. The second kappa shape index (κ2) is 2.58. The Labute approximate surface area is 85.9 Å². The van der Waals surface area contributed by atoms with Crippen LogP contribution >= 0.6 is 15.9 Å². The van der Waals surface area contributed by atoms with Gasteiger partial charge in [-0.3, -0.25) is 0 Å². The van der Waals surface area contributed by atoms with Crippen LogP contribution in [0.5, 0.6) is 0 Å². The van der Waals surface area contributed by atoms with Gasteiger partial charge in [0.15, 0.2) is 0 Å². The number of alkyl halides is 1. The van der Waals surface area contributed by atoms with Gasteiger partial charge in [0.2, 0.25) is 0 Å². The van der Waals surface area contributed by atoms with Crippen molar-refractivity contribution in [3.05, 3.63) is 35.4 Å². The molecular weight excluding hydrogens is 228 g/mol. The van der Waals surface area contributed by atoms with E-state index < -0.39 is 0 Å². The van der Waals surface area contributed by atoms with Gasteiger partial charge in [-0.25, -0.2) is 0 Å². The van der Waals surface area contributed by atoms with E-state index in [0.29, 0.717) is 16.7 Å². The predicted octanol–water partition coefficient (Wildman–Crippen LogP) is 2.40. The van der Waals surface area contributed by atoms with Gasteiger partial charge in [0.05, 0.1) is 6.10 Å². The molecule has 0 saturated heterocycles. The standard InChI is InChI=1S/C11H11BrO/c12-11-8-5-9(13)10(11)7-4-2-1-3-6(7)8/h1-4,8-11,13H,5H2/t8-,9+,10-,11+/m0/s1. The van der Waals surface area contributed by atoms with Gasteiger partial charge < -0.3 is 5.11 Å². The van der Waals surface area contributed by atoms with E-state index in [2.05, 4.69) is 40.2 Å². The van der Waals surface area contributed by atoms with Crippen LogP contribution in [-0.2, 0) is 0 Å². The molecule has 1 N–H and O–H groups in total. The number of aliphatic hydroxyl groups is 1. The summed E-state index contributed by atoms with van der Waals surface area (Å²) in [6.45, 7) is 0. The lowest BCUT2D eigenvalue weighted by molar-refractivity contribution is 0.159. The Bertz CT molecular complexity index is 350. The van der Waals surface area contributed by atoms with Crippen LogP contribution in [0.25, 0.3) is 0 Å². The molecule has 0 spiro atoms. The highest BCUT2D eigenvalue weighted by atomic mass is 79.9. The van der Waals surface area contributed by atoms with Gasteiger partial charge in [0.1, 0.15) is 0 Å². The van der Waals surface area contributed by atoms with Gasteiger partial charge in [-0.05, 0) is 23.5 Å². The van der Waals surface area contributed by atoms with E-state index in [9.17, 15) is 5.11 Å². The van der Waals surface area contributed by atoms with Gasteiger partial charge in [-0.1, -0.05) is 40.2 Å². The van der Waals surface area contributed by atoms with Crippen molar-refractivity contribution < 1.29 is 5.11 Å².